The molecule has 0 saturated heterocycles. The van der Waals surface area contributed by atoms with Crippen molar-refractivity contribution in [1.82, 2.24) is 4.98 Å². The summed E-state index contributed by atoms with van der Waals surface area (Å²) in [6.07, 6.45) is 2.60. The topological polar surface area (TPSA) is 71.1 Å². The van der Waals surface area contributed by atoms with Gasteiger partial charge >= 0.3 is 0 Å². The smallest absolute Gasteiger partial charge is 0.272 e. The van der Waals surface area contributed by atoms with Crippen LogP contribution < -0.4 is 10.0 Å². The summed E-state index contributed by atoms with van der Waals surface area (Å²) in [4.78, 5) is 5.12. The summed E-state index contributed by atoms with van der Waals surface area (Å²) in [6, 6.07) is 15.0. The Hall–Kier alpha value is -2.38. The SMILES string of the molecule is CCc1ccc(Nc2ccc(NS(=O)(=O)c3ccc(C)s3)nc2)cc1. The average Bonchev–Trinajstić information content (AvgIpc) is 3.05. The van der Waals surface area contributed by atoms with E-state index in [-0.39, 0.29) is 10.0 Å². The first-order valence-corrected chi connectivity index (χ1v) is 10.2. The van der Waals surface area contributed by atoms with Crippen LogP contribution in [-0.4, -0.2) is 13.4 Å². The Morgan fingerprint density at radius 3 is 2.28 bits per heavy atom. The predicted molar refractivity (Wildman–Crippen MR) is 103 cm³/mol. The van der Waals surface area contributed by atoms with Crippen LogP contribution in [0.4, 0.5) is 17.2 Å². The Kier molecular flexibility index (Phi) is 5.06. The lowest BCUT2D eigenvalue weighted by atomic mass is 10.1. The second-order valence-electron chi connectivity index (χ2n) is 5.58. The Morgan fingerprint density at radius 2 is 1.72 bits per heavy atom. The summed E-state index contributed by atoms with van der Waals surface area (Å²) < 4.78 is 27.4. The highest BCUT2D eigenvalue weighted by Crippen LogP contribution is 2.23. The van der Waals surface area contributed by atoms with Gasteiger partial charge in [0, 0.05) is 10.6 Å². The molecule has 1 aromatic carbocycles. The normalized spacial score (nSPS) is 11.3. The lowest BCUT2D eigenvalue weighted by Crippen LogP contribution is -2.12. The van der Waals surface area contributed by atoms with Crippen molar-refractivity contribution < 1.29 is 8.42 Å². The maximum atomic E-state index is 12.3. The maximum absolute atomic E-state index is 12.3. The summed E-state index contributed by atoms with van der Waals surface area (Å²) in [6.45, 7) is 3.99. The van der Waals surface area contributed by atoms with Crippen molar-refractivity contribution in [3.8, 4) is 0 Å². The van der Waals surface area contributed by atoms with E-state index in [4.69, 9.17) is 0 Å². The number of hydrogen-bond donors (Lipinski definition) is 2. The number of nitrogens with one attached hydrogen (secondary N) is 2. The van der Waals surface area contributed by atoms with E-state index in [1.807, 2.05) is 19.1 Å². The number of aromatic nitrogens is 1. The van der Waals surface area contributed by atoms with E-state index in [9.17, 15) is 8.42 Å². The molecule has 0 spiro atoms. The predicted octanol–water partition coefficient (Wildman–Crippen LogP) is 4.56. The number of nitrogens with zero attached hydrogens (tertiary/aromatic N) is 1. The molecule has 2 heterocycles. The van der Waals surface area contributed by atoms with Gasteiger partial charge in [0.15, 0.2) is 0 Å². The van der Waals surface area contributed by atoms with Gasteiger partial charge in [0.05, 0.1) is 11.9 Å². The number of pyridine rings is 1. The third-order valence-corrected chi connectivity index (χ3v) is 6.48. The van der Waals surface area contributed by atoms with Crippen LogP contribution in [0.3, 0.4) is 0 Å². The summed E-state index contributed by atoms with van der Waals surface area (Å²) in [5, 5.41) is 3.24. The second kappa shape index (κ2) is 7.25. The van der Waals surface area contributed by atoms with Crippen LogP contribution in [0.25, 0.3) is 0 Å². The molecule has 25 heavy (non-hydrogen) atoms. The van der Waals surface area contributed by atoms with E-state index in [0.717, 1.165) is 22.7 Å². The minimum absolute atomic E-state index is 0.282. The largest absolute Gasteiger partial charge is 0.354 e. The van der Waals surface area contributed by atoms with Gasteiger partial charge in [-0.25, -0.2) is 13.4 Å². The molecule has 2 N–H and O–H groups in total. The summed E-state index contributed by atoms with van der Waals surface area (Å²) in [7, 11) is -3.59. The lowest BCUT2D eigenvalue weighted by molar-refractivity contribution is 0.603. The monoisotopic (exact) mass is 373 g/mol. The Labute approximate surface area is 151 Å². The molecule has 7 heteroatoms. The zero-order valence-corrected chi connectivity index (χ0v) is 15.6. The third kappa shape index (κ3) is 4.37. The molecule has 0 radical (unpaired) electrons. The lowest BCUT2D eigenvalue weighted by Gasteiger charge is -2.09. The number of benzene rings is 1. The van der Waals surface area contributed by atoms with Gasteiger partial charge < -0.3 is 5.32 Å². The Balaban J connectivity index is 1.69. The van der Waals surface area contributed by atoms with Gasteiger partial charge in [0.25, 0.3) is 10.0 Å². The van der Waals surface area contributed by atoms with E-state index in [1.165, 1.54) is 16.9 Å². The van der Waals surface area contributed by atoms with Crippen LogP contribution in [0.15, 0.2) is 58.9 Å². The number of rotatable bonds is 6. The quantitative estimate of drug-likeness (QED) is 0.664. The molecule has 0 amide bonds. The van der Waals surface area contributed by atoms with Crippen LogP contribution in [0.1, 0.15) is 17.4 Å². The average molecular weight is 374 g/mol. The molecule has 0 saturated carbocycles. The maximum Gasteiger partial charge on any atom is 0.272 e. The molecular formula is C18H19N3O2S2. The zero-order valence-electron chi connectivity index (χ0n) is 14.0. The number of thiophene rings is 1. The first kappa shape index (κ1) is 17.4. The van der Waals surface area contributed by atoms with Gasteiger partial charge in [-0.3, -0.25) is 4.72 Å². The molecular weight excluding hydrogens is 354 g/mol. The number of anilines is 3. The molecule has 0 atom stereocenters. The molecule has 0 aliphatic rings. The van der Waals surface area contributed by atoms with Crippen molar-refractivity contribution in [3.63, 3.8) is 0 Å². The molecule has 0 aliphatic carbocycles. The van der Waals surface area contributed by atoms with Crippen LogP contribution in [0.2, 0.25) is 0 Å². The van der Waals surface area contributed by atoms with Crippen molar-refractivity contribution in [3.05, 3.63) is 65.2 Å². The highest BCUT2D eigenvalue weighted by molar-refractivity contribution is 7.94. The minimum Gasteiger partial charge on any atom is -0.354 e. The van der Waals surface area contributed by atoms with Crippen molar-refractivity contribution in [2.45, 2.75) is 24.5 Å². The molecule has 130 valence electrons. The van der Waals surface area contributed by atoms with E-state index < -0.39 is 10.0 Å². The van der Waals surface area contributed by atoms with Crippen LogP contribution in [-0.2, 0) is 16.4 Å². The first-order valence-electron chi connectivity index (χ1n) is 7.87. The molecule has 0 aliphatic heterocycles. The van der Waals surface area contributed by atoms with E-state index in [1.54, 1.807) is 30.5 Å². The third-order valence-electron chi connectivity index (χ3n) is 3.63. The highest BCUT2D eigenvalue weighted by atomic mass is 32.2. The van der Waals surface area contributed by atoms with Gasteiger partial charge in [-0.15, -0.1) is 11.3 Å². The highest BCUT2D eigenvalue weighted by Gasteiger charge is 2.16. The first-order chi connectivity index (χ1) is 12.0. The van der Waals surface area contributed by atoms with E-state index in [2.05, 4.69) is 34.1 Å². The van der Waals surface area contributed by atoms with Crippen LogP contribution in [0.5, 0.6) is 0 Å². The van der Waals surface area contributed by atoms with Gasteiger partial charge in [0.1, 0.15) is 10.0 Å². The van der Waals surface area contributed by atoms with Gasteiger partial charge in [-0.2, -0.15) is 0 Å². The number of aryl methyl sites for hydroxylation is 2. The number of hydrogen-bond acceptors (Lipinski definition) is 5. The molecule has 0 bridgehead atoms. The van der Waals surface area contributed by atoms with Crippen LogP contribution >= 0.6 is 11.3 Å². The Morgan fingerprint density at radius 1 is 1.00 bits per heavy atom. The van der Waals surface area contributed by atoms with Gasteiger partial charge in [0.2, 0.25) is 0 Å². The van der Waals surface area contributed by atoms with Crippen molar-refractivity contribution in [2.24, 2.45) is 0 Å². The van der Waals surface area contributed by atoms with Crippen molar-refractivity contribution >= 4 is 38.6 Å². The molecule has 0 fully saturated rings. The van der Waals surface area contributed by atoms with Gasteiger partial charge in [-0.1, -0.05) is 19.1 Å². The zero-order chi connectivity index (χ0) is 17.9. The van der Waals surface area contributed by atoms with E-state index in [0.29, 0.717) is 0 Å². The number of sulfonamides is 1. The molecule has 0 unspecified atom stereocenters. The summed E-state index contributed by atoms with van der Waals surface area (Å²) >= 11 is 1.23. The standard InChI is InChI=1S/C18H19N3O2S2/c1-3-14-5-7-15(8-6-14)20-16-9-10-17(19-12-16)21-25(22,23)18-11-4-13(2)24-18/h4-12,20H,3H2,1-2H3,(H,19,21). The van der Waals surface area contributed by atoms with Crippen molar-refractivity contribution in [1.29, 1.82) is 0 Å². The van der Waals surface area contributed by atoms with Gasteiger partial charge in [-0.05, 0) is 55.3 Å². The van der Waals surface area contributed by atoms with Crippen LogP contribution in [0, 0.1) is 6.92 Å². The van der Waals surface area contributed by atoms with E-state index >= 15 is 0 Å². The second-order valence-corrected chi connectivity index (χ2v) is 8.78. The molecule has 5 nitrogen and oxygen atoms in total. The fourth-order valence-electron chi connectivity index (χ4n) is 2.26. The molecule has 3 aromatic rings. The molecule has 3 rings (SSSR count). The van der Waals surface area contributed by atoms with Crippen molar-refractivity contribution in [2.75, 3.05) is 10.0 Å². The fraction of sp³-hybridized carbons (Fsp3) is 0.167. The fourth-order valence-corrected chi connectivity index (χ4v) is 4.55. The Bertz CT molecular complexity index is 947. The molecule has 2 aromatic heterocycles. The minimum atomic E-state index is -3.59. The summed E-state index contributed by atoms with van der Waals surface area (Å²) in [5.41, 5.74) is 3.03. The summed E-state index contributed by atoms with van der Waals surface area (Å²) in [5.74, 6) is 0.290.